The SMILES string of the molecule is CN(CC1CCCCC1)S(=O)(=O)c1ccc2c(c1)CCN2. The molecule has 2 aliphatic rings. The van der Waals surface area contributed by atoms with Crippen LogP contribution in [0.2, 0.25) is 0 Å². The molecule has 0 unspecified atom stereocenters. The van der Waals surface area contributed by atoms with Gasteiger partial charge >= 0.3 is 0 Å². The molecule has 3 rings (SSSR count). The molecule has 0 atom stereocenters. The predicted octanol–water partition coefficient (Wildman–Crippen LogP) is 2.86. The Morgan fingerprint density at radius 1 is 1.24 bits per heavy atom. The minimum Gasteiger partial charge on any atom is -0.384 e. The number of fused-ring (bicyclic) bond motifs is 1. The minimum atomic E-state index is -3.35. The van der Waals surface area contributed by atoms with E-state index in [0.29, 0.717) is 17.4 Å². The van der Waals surface area contributed by atoms with Crippen LogP contribution in [-0.4, -0.2) is 32.9 Å². The van der Waals surface area contributed by atoms with Crippen molar-refractivity contribution in [3.8, 4) is 0 Å². The van der Waals surface area contributed by atoms with Gasteiger partial charge in [0, 0.05) is 25.8 Å². The van der Waals surface area contributed by atoms with Crippen LogP contribution in [0, 0.1) is 5.92 Å². The Morgan fingerprint density at radius 3 is 2.76 bits per heavy atom. The zero-order valence-electron chi connectivity index (χ0n) is 12.6. The first-order valence-electron chi connectivity index (χ1n) is 7.90. The van der Waals surface area contributed by atoms with E-state index in [9.17, 15) is 8.42 Å². The van der Waals surface area contributed by atoms with Gasteiger partial charge in [-0.3, -0.25) is 0 Å². The highest BCUT2D eigenvalue weighted by atomic mass is 32.2. The second kappa shape index (κ2) is 5.97. The number of hydrogen-bond donors (Lipinski definition) is 1. The van der Waals surface area contributed by atoms with Gasteiger partial charge in [0.05, 0.1) is 4.90 Å². The third kappa shape index (κ3) is 3.09. The van der Waals surface area contributed by atoms with Crippen LogP contribution in [0.5, 0.6) is 0 Å². The summed E-state index contributed by atoms with van der Waals surface area (Å²) in [7, 11) is -1.64. The zero-order chi connectivity index (χ0) is 14.9. The fourth-order valence-corrected chi connectivity index (χ4v) is 4.75. The molecule has 1 saturated carbocycles. The van der Waals surface area contributed by atoms with E-state index >= 15 is 0 Å². The van der Waals surface area contributed by atoms with Crippen molar-refractivity contribution in [3.63, 3.8) is 0 Å². The molecular formula is C16H24N2O2S. The average Bonchev–Trinajstić information content (AvgIpc) is 2.95. The smallest absolute Gasteiger partial charge is 0.242 e. The summed E-state index contributed by atoms with van der Waals surface area (Å²) < 4.78 is 27.0. The molecule has 116 valence electrons. The Hall–Kier alpha value is -1.07. The van der Waals surface area contributed by atoms with Gasteiger partial charge in [-0.25, -0.2) is 12.7 Å². The molecule has 0 amide bonds. The van der Waals surface area contributed by atoms with Crippen LogP contribution >= 0.6 is 0 Å². The molecule has 4 nitrogen and oxygen atoms in total. The number of rotatable bonds is 4. The van der Waals surface area contributed by atoms with E-state index in [1.165, 1.54) is 19.3 Å². The van der Waals surface area contributed by atoms with Crippen LogP contribution < -0.4 is 5.32 Å². The standard InChI is InChI=1S/C16H24N2O2S/c1-18(12-13-5-3-2-4-6-13)21(19,20)15-7-8-16-14(11-15)9-10-17-16/h7-8,11,13,17H,2-6,9-10,12H2,1H3. The highest BCUT2D eigenvalue weighted by molar-refractivity contribution is 7.89. The lowest BCUT2D eigenvalue weighted by atomic mass is 9.89. The molecule has 1 N–H and O–H groups in total. The summed E-state index contributed by atoms with van der Waals surface area (Å²) in [5, 5.41) is 3.27. The van der Waals surface area contributed by atoms with Crippen molar-refractivity contribution in [2.75, 3.05) is 25.5 Å². The lowest BCUT2D eigenvalue weighted by Crippen LogP contribution is -2.32. The van der Waals surface area contributed by atoms with Gasteiger partial charge in [-0.15, -0.1) is 0 Å². The van der Waals surface area contributed by atoms with Gasteiger partial charge < -0.3 is 5.32 Å². The predicted molar refractivity (Wildman–Crippen MR) is 85.0 cm³/mol. The first-order valence-corrected chi connectivity index (χ1v) is 9.34. The summed E-state index contributed by atoms with van der Waals surface area (Å²) >= 11 is 0. The van der Waals surface area contributed by atoms with Crippen LogP contribution in [0.25, 0.3) is 0 Å². The van der Waals surface area contributed by atoms with Gasteiger partial charge in [-0.05, 0) is 48.9 Å². The highest BCUT2D eigenvalue weighted by Crippen LogP contribution is 2.28. The summed E-state index contributed by atoms with van der Waals surface area (Å²) in [5.74, 6) is 0.523. The largest absolute Gasteiger partial charge is 0.384 e. The van der Waals surface area contributed by atoms with E-state index in [1.807, 2.05) is 12.1 Å². The molecule has 5 heteroatoms. The van der Waals surface area contributed by atoms with Crippen LogP contribution in [0.3, 0.4) is 0 Å². The molecule has 0 radical (unpaired) electrons. The molecule has 0 saturated heterocycles. The Kier molecular flexibility index (Phi) is 4.22. The Balaban J connectivity index is 1.75. The number of nitrogens with one attached hydrogen (secondary N) is 1. The highest BCUT2D eigenvalue weighted by Gasteiger charge is 2.26. The van der Waals surface area contributed by atoms with Crippen molar-refractivity contribution in [2.45, 2.75) is 43.4 Å². The van der Waals surface area contributed by atoms with E-state index in [4.69, 9.17) is 0 Å². The topological polar surface area (TPSA) is 49.4 Å². The first kappa shape index (κ1) is 14.9. The third-order valence-corrected chi connectivity index (χ3v) is 6.55. The fraction of sp³-hybridized carbons (Fsp3) is 0.625. The molecule has 1 heterocycles. The van der Waals surface area contributed by atoms with E-state index in [0.717, 1.165) is 37.1 Å². The Morgan fingerprint density at radius 2 is 2.00 bits per heavy atom. The maximum Gasteiger partial charge on any atom is 0.242 e. The van der Waals surface area contributed by atoms with Crippen molar-refractivity contribution >= 4 is 15.7 Å². The first-order chi connectivity index (χ1) is 10.1. The van der Waals surface area contributed by atoms with Crippen LogP contribution in [-0.2, 0) is 16.4 Å². The van der Waals surface area contributed by atoms with Gasteiger partial charge in [0.1, 0.15) is 0 Å². The van der Waals surface area contributed by atoms with Gasteiger partial charge in [-0.2, -0.15) is 0 Å². The fourth-order valence-electron chi connectivity index (χ4n) is 3.45. The Labute approximate surface area is 127 Å². The van der Waals surface area contributed by atoms with Crippen molar-refractivity contribution in [1.29, 1.82) is 0 Å². The van der Waals surface area contributed by atoms with Gasteiger partial charge in [0.15, 0.2) is 0 Å². The summed E-state index contributed by atoms with van der Waals surface area (Å²) in [6.45, 7) is 1.55. The van der Waals surface area contributed by atoms with Crippen LogP contribution in [0.4, 0.5) is 5.69 Å². The normalized spacial score (nSPS) is 19.5. The quantitative estimate of drug-likeness (QED) is 0.930. The second-order valence-corrected chi connectivity index (χ2v) is 8.33. The van der Waals surface area contributed by atoms with E-state index in [2.05, 4.69) is 5.32 Å². The van der Waals surface area contributed by atoms with Gasteiger partial charge in [-0.1, -0.05) is 19.3 Å². The zero-order valence-corrected chi connectivity index (χ0v) is 13.5. The number of anilines is 1. The molecular weight excluding hydrogens is 284 g/mol. The molecule has 1 aromatic carbocycles. The molecule has 1 aliphatic carbocycles. The lowest BCUT2D eigenvalue weighted by Gasteiger charge is -2.26. The molecule has 21 heavy (non-hydrogen) atoms. The van der Waals surface area contributed by atoms with E-state index < -0.39 is 10.0 Å². The Bertz CT molecular complexity index is 607. The van der Waals surface area contributed by atoms with Crippen molar-refractivity contribution < 1.29 is 8.42 Å². The van der Waals surface area contributed by atoms with E-state index in [1.54, 1.807) is 17.4 Å². The molecule has 0 spiro atoms. The lowest BCUT2D eigenvalue weighted by molar-refractivity contribution is 0.300. The number of hydrogen-bond acceptors (Lipinski definition) is 3. The molecule has 1 fully saturated rings. The number of sulfonamides is 1. The number of benzene rings is 1. The van der Waals surface area contributed by atoms with Crippen molar-refractivity contribution in [2.24, 2.45) is 5.92 Å². The molecule has 1 aromatic rings. The monoisotopic (exact) mass is 308 g/mol. The maximum atomic E-state index is 12.7. The summed E-state index contributed by atoms with van der Waals surface area (Å²) in [5.41, 5.74) is 2.19. The molecule has 1 aliphatic heterocycles. The summed E-state index contributed by atoms with van der Waals surface area (Å²) in [6.07, 6.45) is 7.00. The maximum absolute atomic E-state index is 12.7. The van der Waals surface area contributed by atoms with Gasteiger partial charge in [0.25, 0.3) is 0 Å². The van der Waals surface area contributed by atoms with Crippen molar-refractivity contribution in [1.82, 2.24) is 4.31 Å². The van der Waals surface area contributed by atoms with Gasteiger partial charge in [0.2, 0.25) is 10.0 Å². The summed E-state index contributed by atoms with van der Waals surface area (Å²) in [6, 6.07) is 5.45. The summed E-state index contributed by atoms with van der Waals surface area (Å²) in [4.78, 5) is 0.434. The number of nitrogens with zero attached hydrogens (tertiary/aromatic N) is 1. The van der Waals surface area contributed by atoms with E-state index in [-0.39, 0.29) is 0 Å². The minimum absolute atomic E-state index is 0.434. The molecule has 0 aromatic heterocycles. The van der Waals surface area contributed by atoms with Crippen LogP contribution in [0.1, 0.15) is 37.7 Å². The second-order valence-electron chi connectivity index (χ2n) is 6.29. The van der Waals surface area contributed by atoms with Crippen molar-refractivity contribution in [3.05, 3.63) is 23.8 Å². The van der Waals surface area contributed by atoms with Crippen LogP contribution in [0.15, 0.2) is 23.1 Å². The third-order valence-electron chi connectivity index (χ3n) is 4.73. The molecule has 0 bridgehead atoms. The average molecular weight is 308 g/mol.